The molecule has 1 aliphatic rings. The molecule has 1 heterocycles. The Kier molecular flexibility index (Phi) is 5.93. The molecule has 4 nitrogen and oxygen atoms in total. The largest absolute Gasteiger partial charge is 0.336 e. The number of amides is 2. The van der Waals surface area contributed by atoms with Crippen LogP contribution in [-0.2, 0) is 11.3 Å². The molecule has 1 aliphatic heterocycles. The maximum Gasteiger partial charge on any atom is 0.253 e. The fourth-order valence-corrected chi connectivity index (χ4v) is 3.39. The van der Waals surface area contributed by atoms with Gasteiger partial charge in [0.15, 0.2) is 0 Å². The molecule has 2 amide bonds. The minimum atomic E-state index is -0.314. The summed E-state index contributed by atoms with van der Waals surface area (Å²) in [7, 11) is 0. The summed E-state index contributed by atoms with van der Waals surface area (Å²) in [4.78, 5) is 29.5. The van der Waals surface area contributed by atoms with Crippen LogP contribution in [0, 0.1) is 5.82 Å². The van der Waals surface area contributed by atoms with Crippen LogP contribution in [0.5, 0.6) is 0 Å². The van der Waals surface area contributed by atoms with Gasteiger partial charge in [-0.15, -0.1) is 11.8 Å². The topological polar surface area (TPSA) is 40.6 Å². The maximum atomic E-state index is 13.9. The lowest BCUT2D eigenvalue weighted by Crippen LogP contribution is -2.35. The highest BCUT2D eigenvalue weighted by molar-refractivity contribution is 7.98. The Morgan fingerprint density at radius 2 is 1.81 bits per heavy atom. The molecule has 136 valence electrons. The average Bonchev–Trinajstić information content (AvgIpc) is 2.85. The van der Waals surface area contributed by atoms with E-state index in [4.69, 9.17) is 0 Å². The third-order valence-electron chi connectivity index (χ3n) is 4.53. The Labute approximate surface area is 157 Å². The van der Waals surface area contributed by atoms with Gasteiger partial charge < -0.3 is 9.80 Å². The zero-order chi connectivity index (χ0) is 18.5. The highest BCUT2D eigenvalue weighted by Crippen LogP contribution is 2.18. The summed E-state index contributed by atoms with van der Waals surface area (Å²) in [5.74, 6) is -0.439. The van der Waals surface area contributed by atoms with E-state index in [1.807, 2.05) is 30.5 Å². The number of thioether (sulfide) groups is 1. The lowest BCUT2D eigenvalue weighted by Gasteiger charge is -2.22. The zero-order valence-corrected chi connectivity index (χ0v) is 15.5. The molecular formula is C20H21FN2O2S. The Balaban J connectivity index is 1.67. The second kappa shape index (κ2) is 8.36. The number of nitrogens with zero attached hydrogens (tertiary/aromatic N) is 2. The average molecular weight is 372 g/mol. The maximum absolute atomic E-state index is 13.9. The van der Waals surface area contributed by atoms with Crippen LogP contribution in [0.3, 0.4) is 0 Å². The predicted octanol–water partition coefficient (Wildman–Crippen LogP) is 3.42. The number of carbonyl (C=O) groups is 2. The van der Waals surface area contributed by atoms with Crippen molar-refractivity contribution in [2.24, 2.45) is 0 Å². The van der Waals surface area contributed by atoms with Crippen LogP contribution in [0.15, 0.2) is 53.4 Å². The summed E-state index contributed by atoms with van der Waals surface area (Å²) in [6.45, 7) is 1.47. The number of hydrogen-bond donors (Lipinski definition) is 0. The van der Waals surface area contributed by atoms with E-state index in [0.717, 1.165) is 4.90 Å². The van der Waals surface area contributed by atoms with Gasteiger partial charge in [-0.25, -0.2) is 4.39 Å². The number of hydrogen-bond acceptors (Lipinski definition) is 3. The molecule has 0 bridgehead atoms. The van der Waals surface area contributed by atoms with E-state index in [0.29, 0.717) is 30.8 Å². The Bertz CT molecular complexity index is 795. The minimum absolute atomic E-state index is 0.0544. The van der Waals surface area contributed by atoms with Crippen molar-refractivity contribution in [3.63, 3.8) is 0 Å². The van der Waals surface area contributed by atoms with Crippen molar-refractivity contribution in [1.29, 1.82) is 0 Å². The van der Waals surface area contributed by atoms with Crippen LogP contribution in [-0.4, -0.2) is 47.5 Å². The van der Waals surface area contributed by atoms with Crippen molar-refractivity contribution in [3.8, 4) is 0 Å². The molecule has 0 radical (unpaired) electrons. The monoisotopic (exact) mass is 372 g/mol. The van der Waals surface area contributed by atoms with Crippen LogP contribution < -0.4 is 0 Å². The first-order valence-electron chi connectivity index (χ1n) is 8.53. The molecule has 2 aromatic carbocycles. The first-order valence-corrected chi connectivity index (χ1v) is 9.75. The van der Waals surface area contributed by atoms with Gasteiger partial charge in [0, 0.05) is 48.6 Å². The predicted molar refractivity (Wildman–Crippen MR) is 101 cm³/mol. The lowest BCUT2D eigenvalue weighted by atomic mass is 10.2. The third kappa shape index (κ3) is 4.25. The molecule has 0 N–H and O–H groups in total. The second-order valence-electron chi connectivity index (χ2n) is 6.18. The molecule has 26 heavy (non-hydrogen) atoms. The van der Waals surface area contributed by atoms with Crippen molar-refractivity contribution in [2.45, 2.75) is 17.9 Å². The van der Waals surface area contributed by atoms with Crippen molar-refractivity contribution in [3.05, 3.63) is 65.5 Å². The molecule has 1 fully saturated rings. The Morgan fingerprint density at radius 1 is 1.08 bits per heavy atom. The first-order chi connectivity index (χ1) is 12.6. The SMILES string of the molecule is CSc1ccc(C(=O)N2CCC(=O)N(Cc3ccccc3F)CC2)cc1. The molecule has 6 heteroatoms. The van der Waals surface area contributed by atoms with E-state index >= 15 is 0 Å². The number of halogens is 1. The molecular weight excluding hydrogens is 351 g/mol. The normalized spacial score (nSPS) is 15.1. The minimum Gasteiger partial charge on any atom is -0.336 e. The fourth-order valence-electron chi connectivity index (χ4n) is 2.99. The van der Waals surface area contributed by atoms with Gasteiger partial charge in [0.25, 0.3) is 5.91 Å². The number of carbonyl (C=O) groups excluding carboxylic acids is 2. The smallest absolute Gasteiger partial charge is 0.253 e. The number of rotatable bonds is 4. The van der Waals surface area contributed by atoms with E-state index in [1.165, 1.54) is 6.07 Å². The van der Waals surface area contributed by atoms with Gasteiger partial charge >= 0.3 is 0 Å². The van der Waals surface area contributed by atoms with E-state index < -0.39 is 0 Å². The summed E-state index contributed by atoms with van der Waals surface area (Å²) in [6.07, 6.45) is 2.24. The summed E-state index contributed by atoms with van der Waals surface area (Å²) >= 11 is 1.62. The van der Waals surface area contributed by atoms with Gasteiger partial charge in [-0.05, 0) is 36.6 Å². The summed E-state index contributed by atoms with van der Waals surface area (Å²) in [5, 5.41) is 0. The van der Waals surface area contributed by atoms with Crippen LogP contribution in [0.25, 0.3) is 0 Å². The van der Waals surface area contributed by atoms with E-state index in [-0.39, 0.29) is 30.6 Å². The van der Waals surface area contributed by atoms with Gasteiger partial charge in [-0.3, -0.25) is 9.59 Å². The molecule has 0 unspecified atom stereocenters. The van der Waals surface area contributed by atoms with Crippen molar-refractivity contribution in [1.82, 2.24) is 9.80 Å². The van der Waals surface area contributed by atoms with Crippen molar-refractivity contribution in [2.75, 3.05) is 25.9 Å². The van der Waals surface area contributed by atoms with Crippen molar-refractivity contribution >= 4 is 23.6 Å². The van der Waals surface area contributed by atoms with Gasteiger partial charge in [-0.2, -0.15) is 0 Å². The molecule has 1 saturated heterocycles. The molecule has 0 aliphatic carbocycles. The van der Waals surface area contributed by atoms with Crippen LogP contribution in [0.4, 0.5) is 4.39 Å². The Morgan fingerprint density at radius 3 is 2.50 bits per heavy atom. The van der Waals surface area contributed by atoms with E-state index in [2.05, 4.69) is 0 Å². The van der Waals surface area contributed by atoms with Crippen LogP contribution >= 0.6 is 11.8 Å². The standard InChI is InChI=1S/C20H21FN2O2S/c1-26-17-8-6-15(7-9-17)20(25)22-11-10-19(24)23(13-12-22)14-16-4-2-3-5-18(16)21/h2-9H,10-14H2,1H3. The lowest BCUT2D eigenvalue weighted by molar-refractivity contribution is -0.130. The molecule has 3 rings (SSSR count). The van der Waals surface area contributed by atoms with Gasteiger partial charge in [0.1, 0.15) is 5.82 Å². The summed E-state index contributed by atoms with van der Waals surface area (Å²) < 4.78 is 13.9. The summed E-state index contributed by atoms with van der Waals surface area (Å²) in [5.41, 5.74) is 1.12. The molecule has 2 aromatic rings. The second-order valence-corrected chi connectivity index (χ2v) is 7.06. The van der Waals surface area contributed by atoms with Gasteiger partial charge in [0.05, 0.1) is 0 Å². The fraction of sp³-hybridized carbons (Fsp3) is 0.300. The van der Waals surface area contributed by atoms with E-state index in [9.17, 15) is 14.0 Å². The van der Waals surface area contributed by atoms with Gasteiger partial charge in [0.2, 0.25) is 5.91 Å². The first kappa shape index (κ1) is 18.5. The number of benzene rings is 2. The molecule has 0 aromatic heterocycles. The quantitative estimate of drug-likeness (QED) is 0.772. The highest BCUT2D eigenvalue weighted by Gasteiger charge is 2.25. The summed E-state index contributed by atoms with van der Waals surface area (Å²) in [6, 6.07) is 13.9. The third-order valence-corrected chi connectivity index (χ3v) is 5.27. The van der Waals surface area contributed by atoms with Crippen LogP contribution in [0.2, 0.25) is 0 Å². The Hall–Kier alpha value is -2.34. The van der Waals surface area contributed by atoms with Crippen molar-refractivity contribution < 1.29 is 14.0 Å². The highest BCUT2D eigenvalue weighted by atomic mass is 32.2. The molecule has 0 spiro atoms. The molecule has 0 saturated carbocycles. The van der Waals surface area contributed by atoms with Gasteiger partial charge in [-0.1, -0.05) is 18.2 Å². The zero-order valence-electron chi connectivity index (χ0n) is 14.7. The molecule has 0 atom stereocenters. The van der Waals surface area contributed by atoms with Crippen LogP contribution in [0.1, 0.15) is 22.3 Å². The van der Waals surface area contributed by atoms with E-state index in [1.54, 1.807) is 39.8 Å².